The van der Waals surface area contributed by atoms with Gasteiger partial charge in [-0.3, -0.25) is 0 Å². The number of rotatable bonds is 6. The highest BCUT2D eigenvalue weighted by molar-refractivity contribution is 5.57. The number of aryl methyl sites for hydroxylation is 1. The van der Waals surface area contributed by atoms with E-state index >= 15 is 0 Å². The molecule has 1 fully saturated rings. The van der Waals surface area contributed by atoms with E-state index in [-0.39, 0.29) is 17.4 Å². The normalized spacial score (nSPS) is 33.3. The van der Waals surface area contributed by atoms with E-state index in [1.54, 1.807) is 6.92 Å². The zero-order valence-electron chi connectivity index (χ0n) is 20.2. The maximum atomic E-state index is 11.3. The van der Waals surface area contributed by atoms with Crippen LogP contribution in [0.4, 0.5) is 0 Å². The summed E-state index contributed by atoms with van der Waals surface area (Å²) in [5.41, 5.74) is 4.20. The summed E-state index contributed by atoms with van der Waals surface area (Å²) in [6.07, 6.45) is 0.640. The second-order valence-corrected chi connectivity index (χ2v) is 10.1. The van der Waals surface area contributed by atoms with Gasteiger partial charge in [-0.1, -0.05) is 31.6 Å². The number of allylic oxidation sites excluding steroid dienone is 2. The highest BCUT2D eigenvalue weighted by Gasteiger charge is 2.44. The lowest BCUT2D eigenvalue weighted by atomic mass is 9.70. The summed E-state index contributed by atoms with van der Waals surface area (Å²) in [5.74, 6) is 1.42. The molecular formula is C26H40O6. The summed E-state index contributed by atoms with van der Waals surface area (Å²) in [4.78, 5) is 0. The first-order chi connectivity index (χ1) is 15.0. The predicted octanol–water partition coefficient (Wildman–Crippen LogP) is 4.27. The van der Waals surface area contributed by atoms with Crippen LogP contribution in [-0.2, 0) is 4.74 Å². The molecule has 6 nitrogen and oxygen atoms in total. The van der Waals surface area contributed by atoms with Crippen molar-refractivity contribution in [3.63, 3.8) is 0 Å². The summed E-state index contributed by atoms with van der Waals surface area (Å²) < 4.78 is 11.5. The Bertz CT molecular complexity index is 830. The number of hydrogen-bond acceptors (Lipinski definition) is 6. The van der Waals surface area contributed by atoms with Gasteiger partial charge < -0.3 is 29.9 Å². The molecule has 180 valence electrons. The Kier molecular flexibility index (Phi) is 7.92. The van der Waals surface area contributed by atoms with Crippen LogP contribution >= 0.6 is 0 Å². The van der Waals surface area contributed by atoms with Crippen LogP contribution in [0.25, 0.3) is 0 Å². The molecule has 2 aliphatic rings. The Labute approximate surface area is 191 Å². The number of aliphatic hydroxyl groups is 3. The van der Waals surface area contributed by atoms with Crippen molar-refractivity contribution in [2.24, 2.45) is 5.92 Å². The third kappa shape index (κ3) is 4.98. The molecule has 4 N–H and O–H groups in total. The molecule has 0 radical (unpaired) electrons. The Morgan fingerprint density at radius 3 is 2.50 bits per heavy atom. The van der Waals surface area contributed by atoms with Crippen LogP contribution in [0.3, 0.4) is 0 Å². The molecule has 8 atom stereocenters. The fourth-order valence-corrected chi connectivity index (χ4v) is 5.18. The van der Waals surface area contributed by atoms with E-state index in [1.165, 1.54) is 11.1 Å². The lowest BCUT2D eigenvalue weighted by molar-refractivity contribution is -0.268. The largest absolute Gasteiger partial charge is 0.504 e. The summed E-state index contributed by atoms with van der Waals surface area (Å²) in [6, 6.07) is 2.10. The molecule has 0 spiro atoms. The van der Waals surface area contributed by atoms with Crippen molar-refractivity contribution in [3.05, 3.63) is 34.4 Å². The Morgan fingerprint density at radius 2 is 1.84 bits per heavy atom. The number of phenolic OH excluding ortho intramolecular Hbond substituents is 1. The molecule has 6 heteroatoms. The zero-order chi connectivity index (χ0) is 23.7. The first kappa shape index (κ1) is 25.0. The van der Waals surface area contributed by atoms with E-state index in [1.807, 2.05) is 6.92 Å². The third-order valence-corrected chi connectivity index (χ3v) is 7.22. The number of fused-ring (bicyclic) bond motifs is 1. The minimum Gasteiger partial charge on any atom is -0.504 e. The summed E-state index contributed by atoms with van der Waals surface area (Å²) >= 11 is 0. The number of benzene rings is 1. The molecule has 1 aliphatic heterocycles. The minimum atomic E-state index is -1.42. The average Bonchev–Trinajstić information content (AvgIpc) is 2.72. The summed E-state index contributed by atoms with van der Waals surface area (Å²) in [5, 5.41) is 41.6. The van der Waals surface area contributed by atoms with E-state index < -0.39 is 30.7 Å². The van der Waals surface area contributed by atoms with Crippen molar-refractivity contribution in [1.82, 2.24) is 0 Å². The zero-order valence-corrected chi connectivity index (χ0v) is 20.2. The van der Waals surface area contributed by atoms with Crippen molar-refractivity contribution in [3.8, 4) is 11.5 Å². The van der Waals surface area contributed by atoms with Crippen LogP contribution in [0.2, 0.25) is 0 Å². The van der Waals surface area contributed by atoms with Crippen LogP contribution < -0.4 is 4.74 Å². The van der Waals surface area contributed by atoms with Crippen LogP contribution in [0.15, 0.2) is 17.7 Å². The van der Waals surface area contributed by atoms with Gasteiger partial charge in [0, 0.05) is 5.56 Å². The van der Waals surface area contributed by atoms with E-state index in [2.05, 4.69) is 39.8 Å². The van der Waals surface area contributed by atoms with Gasteiger partial charge in [0.25, 0.3) is 0 Å². The number of ether oxygens (including phenoxy) is 2. The van der Waals surface area contributed by atoms with Gasteiger partial charge >= 0.3 is 0 Å². The smallest absolute Gasteiger partial charge is 0.229 e. The van der Waals surface area contributed by atoms with E-state index in [0.717, 1.165) is 36.8 Å². The Hall–Kier alpha value is -1.60. The van der Waals surface area contributed by atoms with Crippen molar-refractivity contribution in [2.75, 3.05) is 0 Å². The van der Waals surface area contributed by atoms with Gasteiger partial charge in [0.15, 0.2) is 11.5 Å². The molecule has 0 bridgehead atoms. The van der Waals surface area contributed by atoms with E-state index in [9.17, 15) is 20.4 Å². The maximum absolute atomic E-state index is 11.3. The van der Waals surface area contributed by atoms with Crippen LogP contribution in [0.5, 0.6) is 11.5 Å². The molecule has 0 unspecified atom stereocenters. The molecule has 32 heavy (non-hydrogen) atoms. The molecule has 1 aliphatic carbocycles. The van der Waals surface area contributed by atoms with Crippen LogP contribution in [0.1, 0.15) is 88.8 Å². The molecule has 1 heterocycles. The summed E-state index contributed by atoms with van der Waals surface area (Å²) in [6.45, 7) is 12.1. The van der Waals surface area contributed by atoms with E-state index in [4.69, 9.17) is 9.47 Å². The van der Waals surface area contributed by atoms with Crippen molar-refractivity contribution in [1.29, 1.82) is 0 Å². The molecule has 1 aromatic rings. The van der Waals surface area contributed by atoms with Gasteiger partial charge in [-0.25, -0.2) is 0 Å². The predicted molar refractivity (Wildman–Crippen MR) is 124 cm³/mol. The van der Waals surface area contributed by atoms with Crippen LogP contribution in [-0.4, -0.2) is 51.1 Å². The van der Waals surface area contributed by atoms with E-state index in [0.29, 0.717) is 11.8 Å². The summed E-state index contributed by atoms with van der Waals surface area (Å²) in [7, 11) is 0. The quantitative estimate of drug-likeness (QED) is 0.485. The third-order valence-electron chi connectivity index (χ3n) is 7.22. The van der Waals surface area contributed by atoms with Crippen molar-refractivity contribution >= 4 is 0 Å². The Morgan fingerprint density at radius 1 is 1.16 bits per heavy atom. The molecule has 1 saturated heterocycles. The minimum absolute atomic E-state index is 0.0952. The molecule has 3 rings (SSSR count). The lowest BCUT2D eigenvalue weighted by Crippen LogP contribution is -2.58. The maximum Gasteiger partial charge on any atom is 0.229 e. The van der Waals surface area contributed by atoms with Gasteiger partial charge in [0.05, 0.1) is 6.10 Å². The SMILES string of the molecule is CC(C)=CCC[C@H](C)[C@H]1CC[C@H](C)c2c1cc(C)c(O[C@@H]1O[C@@H](C)[C@@H](O)[C@@H](O)[C@@H]1O)c2O. The number of phenols is 1. The highest BCUT2D eigenvalue weighted by atomic mass is 16.7. The standard InChI is InChI=1S/C26H40O6/c1-13(2)8-7-9-14(3)18-11-10-15(4)20-19(18)12-16(5)25(22(20)28)32-26-24(30)23(29)21(27)17(6)31-26/h8,12,14-15,17-18,21,23-24,26-30H,7,9-11H2,1-6H3/t14-,15-,17-,18+,21+,23+,24-,26-/m0/s1. The van der Waals surface area contributed by atoms with Crippen molar-refractivity contribution in [2.45, 2.75) is 110 Å². The van der Waals surface area contributed by atoms with Crippen LogP contribution in [0, 0.1) is 12.8 Å². The first-order valence-electron chi connectivity index (χ1n) is 11.9. The molecule has 1 aromatic carbocycles. The lowest BCUT2D eigenvalue weighted by Gasteiger charge is -2.40. The van der Waals surface area contributed by atoms with Crippen molar-refractivity contribution < 1.29 is 29.9 Å². The molecule has 0 saturated carbocycles. The highest BCUT2D eigenvalue weighted by Crippen LogP contribution is 2.51. The fourth-order valence-electron chi connectivity index (χ4n) is 5.18. The second kappa shape index (κ2) is 10.1. The average molecular weight is 449 g/mol. The first-order valence-corrected chi connectivity index (χ1v) is 11.9. The Balaban J connectivity index is 1.89. The fraction of sp³-hybridized carbons (Fsp3) is 0.692. The molecular weight excluding hydrogens is 408 g/mol. The second-order valence-electron chi connectivity index (χ2n) is 10.1. The van der Waals surface area contributed by atoms with Gasteiger partial charge in [-0.2, -0.15) is 0 Å². The number of aliphatic hydroxyl groups excluding tert-OH is 3. The van der Waals surface area contributed by atoms with Gasteiger partial charge in [-0.05, 0) is 82.3 Å². The number of aromatic hydroxyl groups is 1. The van der Waals surface area contributed by atoms with Gasteiger partial charge in [-0.15, -0.1) is 0 Å². The van der Waals surface area contributed by atoms with Gasteiger partial charge in [0.2, 0.25) is 6.29 Å². The number of hydrogen-bond donors (Lipinski definition) is 4. The molecule has 0 amide bonds. The molecule has 0 aromatic heterocycles. The topological polar surface area (TPSA) is 99.4 Å². The monoisotopic (exact) mass is 448 g/mol. The van der Waals surface area contributed by atoms with Gasteiger partial charge in [0.1, 0.15) is 18.3 Å².